The summed E-state index contributed by atoms with van der Waals surface area (Å²) in [6, 6.07) is 7.27. The zero-order chi connectivity index (χ0) is 17.7. The van der Waals surface area contributed by atoms with Crippen molar-refractivity contribution in [2.24, 2.45) is 0 Å². The first-order valence-electron chi connectivity index (χ1n) is 7.55. The molecule has 3 atom stereocenters. The smallest absolute Gasteiger partial charge is 0.241 e. The predicted octanol–water partition coefficient (Wildman–Crippen LogP) is 0.128. The minimum absolute atomic E-state index is 0.107. The van der Waals surface area contributed by atoms with E-state index in [1.807, 2.05) is 0 Å². The van der Waals surface area contributed by atoms with Crippen LogP contribution in [0.3, 0.4) is 0 Å². The molecule has 24 heavy (non-hydrogen) atoms. The van der Waals surface area contributed by atoms with Crippen molar-refractivity contribution in [3.8, 4) is 0 Å². The van der Waals surface area contributed by atoms with Crippen molar-refractivity contribution in [3.05, 3.63) is 42.5 Å². The van der Waals surface area contributed by atoms with E-state index in [0.29, 0.717) is 0 Å². The van der Waals surface area contributed by atoms with E-state index in [-0.39, 0.29) is 23.8 Å². The second kappa shape index (κ2) is 7.89. The van der Waals surface area contributed by atoms with Crippen molar-refractivity contribution >= 4 is 15.9 Å². The Hall–Kier alpha value is -1.74. The molecule has 8 heteroatoms. The number of nitrogens with one attached hydrogen (secondary N) is 1. The maximum atomic E-state index is 12.4. The summed E-state index contributed by atoms with van der Waals surface area (Å²) >= 11 is 0. The highest BCUT2D eigenvalue weighted by molar-refractivity contribution is 7.89. The normalized spacial score (nSPS) is 23.9. The van der Waals surface area contributed by atoms with Gasteiger partial charge in [-0.25, -0.2) is 13.1 Å². The molecule has 2 N–H and O–H groups in total. The van der Waals surface area contributed by atoms with E-state index >= 15 is 0 Å². The van der Waals surface area contributed by atoms with Gasteiger partial charge < -0.3 is 14.7 Å². The van der Waals surface area contributed by atoms with Crippen LogP contribution < -0.4 is 4.72 Å². The van der Waals surface area contributed by atoms with E-state index in [9.17, 15) is 18.3 Å². The van der Waals surface area contributed by atoms with Gasteiger partial charge in [-0.05, 0) is 12.1 Å². The maximum Gasteiger partial charge on any atom is 0.241 e. The van der Waals surface area contributed by atoms with Crippen molar-refractivity contribution in [1.29, 1.82) is 0 Å². The summed E-state index contributed by atoms with van der Waals surface area (Å²) in [6.45, 7) is -0.362. The Balaban J connectivity index is 2.09. The third-order valence-electron chi connectivity index (χ3n) is 3.68. The fraction of sp³-hybridized carbons (Fsp3) is 0.438. The van der Waals surface area contributed by atoms with Crippen LogP contribution in [0.1, 0.15) is 6.42 Å². The van der Waals surface area contributed by atoms with Gasteiger partial charge in [0.05, 0.1) is 30.1 Å². The SMILES string of the molecule is CN(C)C(=O)C[C@H]1C=C[C@H](NS(=O)(=O)c2ccccc2)[C@H](CO)O1. The summed E-state index contributed by atoms with van der Waals surface area (Å²) in [5.74, 6) is -0.107. The minimum atomic E-state index is -3.72. The molecule has 0 aliphatic carbocycles. The van der Waals surface area contributed by atoms with Crippen LogP contribution in [0.2, 0.25) is 0 Å². The highest BCUT2D eigenvalue weighted by Gasteiger charge is 2.31. The first-order valence-corrected chi connectivity index (χ1v) is 9.04. The lowest BCUT2D eigenvalue weighted by molar-refractivity contribution is -0.132. The lowest BCUT2D eigenvalue weighted by Crippen LogP contribution is -2.48. The molecule has 0 saturated carbocycles. The molecule has 0 bridgehead atoms. The number of aliphatic hydroxyl groups is 1. The molecule has 132 valence electrons. The number of sulfonamides is 1. The van der Waals surface area contributed by atoms with Crippen LogP contribution in [0.5, 0.6) is 0 Å². The molecule has 0 radical (unpaired) electrons. The molecule has 2 rings (SSSR count). The zero-order valence-corrected chi connectivity index (χ0v) is 14.4. The van der Waals surface area contributed by atoms with Gasteiger partial charge in [-0.2, -0.15) is 0 Å². The Kier molecular flexibility index (Phi) is 6.11. The maximum absolute atomic E-state index is 12.4. The summed E-state index contributed by atoms with van der Waals surface area (Å²) in [4.78, 5) is 13.3. The Morgan fingerprint density at radius 3 is 2.50 bits per heavy atom. The van der Waals surface area contributed by atoms with Gasteiger partial charge in [0.2, 0.25) is 15.9 Å². The topological polar surface area (TPSA) is 95.9 Å². The van der Waals surface area contributed by atoms with Crippen molar-refractivity contribution in [3.63, 3.8) is 0 Å². The molecule has 1 heterocycles. The Bertz CT molecular complexity index is 688. The fourth-order valence-electron chi connectivity index (χ4n) is 2.31. The van der Waals surface area contributed by atoms with Gasteiger partial charge in [-0.3, -0.25) is 4.79 Å². The summed E-state index contributed by atoms with van der Waals surface area (Å²) in [6.07, 6.45) is 2.16. The monoisotopic (exact) mass is 354 g/mol. The summed E-state index contributed by atoms with van der Waals surface area (Å²) in [5.41, 5.74) is 0. The second-order valence-corrected chi connectivity index (χ2v) is 7.45. The molecule has 0 fully saturated rings. The molecular formula is C16H22N2O5S. The van der Waals surface area contributed by atoms with Gasteiger partial charge in [-0.15, -0.1) is 0 Å². The molecule has 1 aromatic carbocycles. The number of benzene rings is 1. The van der Waals surface area contributed by atoms with E-state index < -0.39 is 28.3 Å². The van der Waals surface area contributed by atoms with Crippen LogP contribution in [0.15, 0.2) is 47.4 Å². The van der Waals surface area contributed by atoms with Crippen molar-refractivity contribution in [2.75, 3.05) is 20.7 Å². The predicted molar refractivity (Wildman–Crippen MR) is 88.7 cm³/mol. The van der Waals surface area contributed by atoms with Crippen LogP contribution >= 0.6 is 0 Å². The highest BCUT2D eigenvalue weighted by atomic mass is 32.2. The summed E-state index contributed by atoms with van der Waals surface area (Å²) in [7, 11) is -0.428. The number of carbonyl (C=O) groups excluding carboxylic acids is 1. The molecule has 1 aliphatic rings. The largest absolute Gasteiger partial charge is 0.394 e. The quantitative estimate of drug-likeness (QED) is 0.708. The van der Waals surface area contributed by atoms with Gasteiger partial charge >= 0.3 is 0 Å². The number of aliphatic hydroxyl groups excluding tert-OH is 1. The molecule has 1 aliphatic heterocycles. The highest BCUT2D eigenvalue weighted by Crippen LogP contribution is 2.18. The van der Waals surface area contributed by atoms with Gasteiger partial charge in [0.25, 0.3) is 0 Å². The van der Waals surface area contributed by atoms with E-state index in [2.05, 4.69) is 4.72 Å². The lowest BCUT2D eigenvalue weighted by Gasteiger charge is -2.31. The number of ether oxygens (including phenoxy) is 1. The van der Waals surface area contributed by atoms with Crippen LogP contribution in [0, 0.1) is 0 Å². The first kappa shape index (κ1) is 18.6. The number of amides is 1. The van der Waals surface area contributed by atoms with Gasteiger partial charge in [0.1, 0.15) is 6.10 Å². The molecular weight excluding hydrogens is 332 g/mol. The van der Waals surface area contributed by atoms with E-state index in [4.69, 9.17) is 4.74 Å². The number of nitrogens with zero attached hydrogens (tertiary/aromatic N) is 1. The van der Waals surface area contributed by atoms with Crippen molar-refractivity contribution in [2.45, 2.75) is 29.6 Å². The van der Waals surface area contributed by atoms with E-state index in [0.717, 1.165) is 0 Å². The number of rotatable bonds is 6. The minimum Gasteiger partial charge on any atom is -0.394 e. The Morgan fingerprint density at radius 1 is 1.25 bits per heavy atom. The average Bonchev–Trinajstić information content (AvgIpc) is 2.56. The second-order valence-electron chi connectivity index (χ2n) is 5.73. The van der Waals surface area contributed by atoms with Crippen LogP contribution in [-0.2, 0) is 19.6 Å². The van der Waals surface area contributed by atoms with Crippen LogP contribution in [0.4, 0.5) is 0 Å². The lowest BCUT2D eigenvalue weighted by atomic mass is 10.1. The third kappa shape index (κ3) is 4.64. The van der Waals surface area contributed by atoms with Crippen molar-refractivity contribution in [1.82, 2.24) is 9.62 Å². The van der Waals surface area contributed by atoms with Gasteiger partial charge in [-0.1, -0.05) is 30.4 Å². The number of hydrogen-bond acceptors (Lipinski definition) is 5. The van der Waals surface area contributed by atoms with Gasteiger partial charge in [0, 0.05) is 14.1 Å². The molecule has 0 unspecified atom stereocenters. The number of carbonyl (C=O) groups is 1. The Morgan fingerprint density at radius 2 is 1.92 bits per heavy atom. The third-order valence-corrected chi connectivity index (χ3v) is 5.16. The number of hydrogen-bond donors (Lipinski definition) is 2. The summed E-state index contributed by atoms with van der Waals surface area (Å²) in [5, 5.41) is 9.50. The van der Waals surface area contributed by atoms with Crippen LogP contribution in [-0.4, -0.2) is 63.3 Å². The molecule has 1 aromatic rings. The fourth-order valence-corrected chi connectivity index (χ4v) is 3.55. The van der Waals surface area contributed by atoms with Crippen LogP contribution in [0.25, 0.3) is 0 Å². The molecule has 7 nitrogen and oxygen atoms in total. The van der Waals surface area contributed by atoms with Gasteiger partial charge in [0.15, 0.2) is 0 Å². The molecule has 0 aromatic heterocycles. The first-order chi connectivity index (χ1) is 11.3. The molecule has 1 amide bonds. The zero-order valence-electron chi connectivity index (χ0n) is 13.6. The van der Waals surface area contributed by atoms with Crippen molar-refractivity contribution < 1.29 is 23.1 Å². The van der Waals surface area contributed by atoms with E-state index in [1.54, 1.807) is 44.4 Å². The average molecular weight is 354 g/mol. The van der Waals surface area contributed by atoms with E-state index in [1.165, 1.54) is 17.0 Å². The molecule has 0 spiro atoms. The molecule has 0 saturated heterocycles. The standard InChI is InChI=1S/C16H22N2O5S/c1-18(2)16(20)10-12-8-9-14(15(11-19)23-12)17-24(21,22)13-6-4-3-5-7-13/h3-9,12,14-15,17,19H,10-11H2,1-2H3/t12-,14+,15+/m1/s1. The summed E-state index contributed by atoms with van der Waals surface area (Å²) < 4.78 is 32.9. The Labute approximate surface area is 142 Å².